The summed E-state index contributed by atoms with van der Waals surface area (Å²) in [5, 5.41) is 2.75. The molecule has 1 aliphatic rings. The van der Waals surface area contributed by atoms with E-state index in [-0.39, 0.29) is 24.1 Å². The summed E-state index contributed by atoms with van der Waals surface area (Å²) in [5.41, 5.74) is 6.64. The molecule has 21 heavy (non-hydrogen) atoms. The van der Waals surface area contributed by atoms with Crippen LogP contribution in [-0.2, 0) is 14.8 Å². The van der Waals surface area contributed by atoms with Crippen LogP contribution in [0.3, 0.4) is 0 Å². The summed E-state index contributed by atoms with van der Waals surface area (Å²) in [6.45, 7) is 1.00. The standard InChI is InChI=1S/C13H19N3O3S.ClH/c14-8-1-3-13(17)15-11-4-6-12(7-5-11)16-9-2-10-20(16,18)19;/h4-7H,1-3,8-10,14H2,(H,15,17);1H. The summed E-state index contributed by atoms with van der Waals surface area (Å²) >= 11 is 0. The molecule has 6 nitrogen and oxygen atoms in total. The van der Waals surface area contributed by atoms with E-state index < -0.39 is 10.0 Å². The average molecular weight is 334 g/mol. The van der Waals surface area contributed by atoms with E-state index in [2.05, 4.69) is 5.32 Å². The van der Waals surface area contributed by atoms with Crippen LogP contribution < -0.4 is 15.4 Å². The Morgan fingerprint density at radius 2 is 1.95 bits per heavy atom. The summed E-state index contributed by atoms with van der Waals surface area (Å²) < 4.78 is 25.0. The zero-order chi connectivity index (χ0) is 14.6. The summed E-state index contributed by atoms with van der Waals surface area (Å²) in [6.07, 6.45) is 1.69. The molecule has 1 heterocycles. The minimum absolute atomic E-state index is 0. The second-order valence-corrected chi connectivity index (χ2v) is 6.74. The van der Waals surface area contributed by atoms with E-state index in [1.54, 1.807) is 24.3 Å². The smallest absolute Gasteiger partial charge is 0.235 e. The second-order valence-electron chi connectivity index (χ2n) is 4.73. The largest absolute Gasteiger partial charge is 0.330 e. The molecule has 0 radical (unpaired) electrons. The summed E-state index contributed by atoms with van der Waals surface area (Å²) in [6, 6.07) is 6.84. The molecular formula is C13H20ClN3O3S. The Balaban J connectivity index is 0.00000220. The number of hydrogen-bond acceptors (Lipinski definition) is 4. The van der Waals surface area contributed by atoms with Crippen LogP contribution in [-0.4, -0.2) is 33.2 Å². The van der Waals surface area contributed by atoms with E-state index in [1.807, 2.05) is 0 Å². The molecule has 2 rings (SSSR count). The van der Waals surface area contributed by atoms with Crippen molar-refractivity contribution in [2.24, 2.45) is 5.73 Å². The molecule has 0 bridgehead atoms. The minimum atomic E-state index is -3.16. The number of anilines is 2. The maximum absolute atomic E-state index is 11.8. The summed E-state index contributed by atoms with van der Waals surface area (Å²) in [4.78, 5) is 11.5. The zero-order valence-corrected chi connectivity index (χ0v) is 13.3. The van der Waals surface area contributed by atoms with Crippen LogP contribution in [0.4, 0.5) is 11.4 Å². The van der Waals surface area contributed by atoms with Crippen molar-refractivity contribution < 1.29 is 13.2 Å². The molecule has 0 aliphatic carbocycles. The van der Waals surface area contributed by atoms with Crippen molar-refractivity contribution >= 4 is 39.7 Å². The lowest BCUT2D eigenvalue weighted by Crippen LogP contribution is -2.25. The number of carbonyl (C=O) groups excluding carboxylic acids is 1. The topological polar surface area (TPSA) is 92.5 Å². The lowest BCUT2D eigenvalue weighted by atomic mass is 10.2. The highest BCUT2D eigenvalue weighted by atomic mass is 35.5. The molecule has 0 unspecified atom stereocenters. The van der Waals surface area contributed by atoms with Crippen molar-refractivity contribution in [3.63, 3.8) is 0 Å². The van der Waals surface area contributed by atoms with Gasteiger partial charge in [0.15, 0.2) is 0 Å². The molecule has 1 aromatic rings. The Morgan fingerprint density at radius 1 is 1.29 bits per heavy atom. The highest BCUT2D eigenvalue weighted by Gasteiger charge is 2.28. The van der Waals surface area contributed by atoms with Crippen LogP contribution in [0.2, 0.25) is 0 Å². The molecule has 0 aromatic heterocycles. The maximum atomic E-state index is 11.8. The molecule has 8 heteroatoms. The van der Waals surface area contributed by atoms with Crippen molar-refractivity contribution in [2.45, 2.75) is 19.3 Å². The number of hydrogen-bond donors (Lipinski definition) is 2. The third-order valence-electron chi connectivity index (χ3n) is 3.15. The van der Waals surface area contributed by atoms with Gasteiger partial charge in [0.05, 0.1) is 11.4 Å². The van der Waals surface area contributed by atoms with Gasteiger partial charge < -0.3 is 11.1 Å². The van der Waals surface area contributed by atoms with Gasteiger partial charge in [0.1, 0.15) is 0 Å². The Labute approximate surface area is 131 Å². The number of nitrogens with one attached hydrogen (secondary N) is 1. The van der Waals surface area contributed by atoms with Crippen LogP contribution >= 0.6 is 12.4 Å². The Hall–Kier alpha value is -1.31. The first-order valence-electron chi connectivity index (χ1n) is 6.63. The van der Waals surface area contributed by atoms with Gasteiger partial charge in [-0.3, -0.25) is 9.10 Å². The summed E-state index contributed by atoms with van der Waals surface area (Å²) in [7, 11) is -3.16. The van der Waals surface area contributed by atoms with E-state index in [0.29, 0.717) is 43.7 Å². The average Bonchev–Trinajstić information content (AvgIpc) is 2.77. The zero-order valence-electron chi connectivity index (χ0n) is 11.6. The number of nitrogens with two attached hydrogens (primary N) is 1. The first-order valence-corrected chi connectivity index (χ1v) is 8.24. The fraction of sp³-hybridized carbons (Fsp3) is 0.462. The molecule has 1 aromatic carbocycles. The molecule has 1 fully saturated rings. The maximum Gasteiger partial charge on any atom is 0.235 e. The van der Waals surface area contributed by atoms with Gasteiger partial charge in [0.2, 0.25) is 15.9 Å². The van der Waals surface area contributed by atoms with Gasteiger partial charge in [-0.05, 0) is 43.7 Å². The number of halogens is 1. The van der Waals surface area contributed by atoms with Crippen molar-refractivity contribution in [3.05, 3.63) is 24.3 Å². The molecule has 1 saturated heterocycles. The van der Waals surface area contributed by atoms with Crippen LogP contribution in [0.1, 0.15) is 19.3 Å². The monoisotopic (exact) mass is 333 g/mol. The first-order chi connectivity index (χ1) is 9.53. The normalized spacial score (nSPS) is 16.3. The van der Waals surface area contributed by atoms with Crippen molar-refractivity contribution in [1.82, 2.24) is 0 Å². The van der Waals surface area contributed by atoms with Crippen molar-refractivity contribution in [3.8, 4) is 0 Å². The van der Waals surface area contributed by atoms with Crippen LogP contribution in [0.5, 0.6) is 0 Å². The van der Waals surface area contributed by atoms with Gasteiger partial charge in [-0.15, -0.1) is 12.4 Å². The molecular weight excluding hydrogens is 314 g/mol. The molecule has 0 atom stereocenters. The lowest BCUT2D eigenvalue weighted by molar-refractivity contribution is -0.116. The molecule has 0 spiro atoms. The van der Waals surface area contributed by atoms with Crippen molar-refractivity contribution in [1.29, 1.82) is 0 Å². The first kappa shape index (κ1) is 17.7. The van der Waals surface area contributed by atoms with Crippen LogP contribution in [0.25, 0.3) is 0 Å². The van der Waals surface area contributed by atoms with Gasteiger partial charge in [-0.2, -0.15) is 0 Å². The minimum Gasteiger partial charge on any atom is -0.330 e. The predicted molar refractivity (Wildman–Crippen MR) is 86.4 cm³/mol. The second kappa shape index (κ2) is 7.63. The molecule has 1 amide bonds. The predicted octanol–water partition coefficient (Wildman–Crippen LogP) is 1.33. The number of carbonyl (C=O) groups is 1. The van der Waals surface area contributed by atoms with Gasteiger partial charge in [-0.1, -0.05) is 0 Å². The number of nitrogens with zero attached hydrogens (tertiary/aromatic N) is 1. The van der Waals surface area contributed by atoms with E-state index in [4.69, 9.17) is 5.73 Å². The number of rotatable bonds is 5. The Kier molecular flexibility index (Phi) is 6.44. The molecule has 1 aliphatic heterocycles. The van der Waals surface area contributed by atoms with E-state index in [0.717, 1.165) is 0 Å². The van der Waals surface area contributed by atoms with Crippen molar-refractivity contribution in [2.75, 3.05) is 28.5 Å². The van der Waals surface area contributed by atoms with E-state index in [1.165, 1.54) is 4.31 Å². The van der Waals surface area contributed by atoms with E-state index >= 15 is 0 Å². The van der Waals surface area contributed by atoms with Crippen LogP contribution in [0.15, 0.2) is 24.3 Å². The summed E-state index contributed by atoms with van der Waals surface area (Å²) in [5.74, 6) is 0.113. The lowest BCUT2D eigenvalue weighted by Gasteiger charge is -2.17. The Bertz CT molecular complexity index is 575. The molecule has 118 valence electrons. The third kappa shape index (κ3) is 4.59. The highest BCUT2D eigenvalue weighted by Crippen LogP contribution is 2.25. The number of benzene rings is 1. The Morgan fingerprint density at radius 3 is 2.48 bits per heavy atom. The highest BCUT2D eigenvalue weighted by molar-refractivity contribution is 7.93. The molecule has 3 N–H and O–H groups in total. The number of sulfonamides is 1. The third-order valence-corrected chi connectivity index (χ3v) is 5.02. The number of amides is 1. The fourth-order valence-corrected chi connectivity index (χ4v) is 3.69. The van der Waals surface area contributed by atoms with E-state index in [9.17, 15) is 13.2 Å². The van der Waals surface area contributed by atoms with Gasteiger partial charge in [0, 0.05) is 18.7 Å². The van der Waals surface area contributed by atoms with Gasteiger partial charge in [-0.25, -0.2) is 8.42 Å². The van der Waals surface area contributed by atoms with Gasteiger partial charge >= 0.3 is 0 Å². The SMILES string of the molecule is Cl.NCCCC(=O)Nc1ccc(N2CCCS2(=O)=O)cc1. The van der Waals surface area contributed by atoms with Crippen LogP contribution in [0, 0.1) is 0 Å². The van der Waals surface area contributed by atoms with Gasteiger partial charge in [0.25, 0.3) is 0 Å². The quantitative estimate of drug-likeness (QED) is 0.850. The molecule has 0 saturated carbocycles. The fourth-order valence-electron chi connectivity index (χ4n) is 2.13.